The van der Waals surface area contributed by atoms with Crippen LogP contribution in [-0.2, 0) is 0 Å². The van der Waals surface area contributed by atoms with Gasteiger partial charge in [0.1, 0.15) is 0 Å². The maximum Gasteiger partial charge on any atom is 0.0220 e. The summed E-state index contributed by atoms with van der Waals surface area (Å²) in [6.45, 7) is 5.22. The minimum Gasteiger partial charge on any atom is -0.309 e. The van der Waals surface area contributed by atoms with E-state index in [1.807, 2.05) is 0 Å². The molecular weight excluding hydrogens is 294 g/mol. The van der Waals surface area contributed by atoms with Gasteiger partial charge in [-0.3, -0.25) is 4.90 Å². The Hall–Kier alpha value is -0.120. The molecule has 1 heterocycles. The van der Waals surface area contributed by atoms with Crippen LogP contribution in [0.2, 0.25) is 0 Å². The van der Waals surface area contributed by atoms with Gasteiger partial charge in [0.2, 0.25) is 0 Å². The molecule has 1 saturated heterocycles. The number of rotatable bonds is 6. The fraction of sp³-hybridized carbons (Fsp3) is 1.00. The van der Waals surface area contributed by atoms with Gasteiger partial charge in [-0.2, -0.15) is 0 Å². The molecule has 0 spiro atoms. The first-order valence-electron chi connectivity index (χ1n) is 10.7. The maximum atomic E-state index is 2.96. The van der Waals surface area contributed by atoms with Crippen LogP contribution < -0.4 is 0 Å². The third-order valence-electron chi connectivity index (χ3n) is 7.77. The molecule has 4 aliphatic carbocycles. The van der Waals surface area contributed by atoms with Gasteiger partial charge in [0, 0.05) is 18.6 Å². The predicted molar refractivity (Wildman–Crippen MR) is 101 cm³/mol. The number of likely N-dealkylation sites (tertiary alicyclic amines) is 1. The van der Waals surface area contributed by atoms with Crippen molar-refractivity contribution in [3.05, 3.63) is 0 Å². The molecule has 1 aliphatic heterocycles. The Kier molecular flexibility index (Phi) is 5.22. The van der Waals surface area contributed by atoms with E-state index < -0.39 is 0 Å². The molecule has 5 fully saturated rings. The van der Waals surface area contributed by atoms with Crippen molar-refractivity contribution in [3.8, 4) is 0 Å². The van der Waals surface area contributed by atoms with E-state index >= 15 is 0 Å². The highest BCUT2D eigenvalue weighted by Crippen LogP contribution is 2.55. The van der Waals surface area contributed by atoms with E-state index in [2.05, 4.69) is 35.8 Å². The van der Waals surface area contributed by atoms with Crippen molar-refractivity contribution in [3.63, 3.8) is 0 Å². The molecule has 0 N–H and O–H groups in total. The van der Waals surface area contributed by atoms with Crippen molar-refractivity contribution >= 4 is 0 Å². The van der Waals surface area contributed by atoms with E-state index in [1.54, 1.807) is 32.1 Å². The standard InChI is InChI=1S/C21H39N3/c1-22(2)7-5-8-23(3)20-6-4-9-24(15-20)21-18-11-16-10-17(13-18)14-19(21)12-16/h16-21H,4-15H2,1-3H3. The van der Waals surface area contributed by atoms with Crippen LogP contribution in [0, 0.1) is 23.7 Å². The van der Waals surface area contributed by atoms with Crippen LogP contribution in [-0.4, -0.2) is 74.1 Å². The van der Waals surface area contributed by atoms with Gasteiger partial charge in [0.05, 0.1) is 0 Å². The summed E-state index contributed by atoms with van der Waals surface area (Å²) in [4.78, 5) is 7.95. The lowest BCUT2D eigenvalue weighted by Crippen LogP contribution is -2.59. The van der Waals surface area contributed by atoms with E-state index in [1.165, 1.54) is 45.4 Å². The van der Waals surface area contributed by atoms with Crippen molar-refractivity contribution < 1.29 is 0 Å². The summed E-state index contributed by atoms with van der Waals surface area (Å²) in [7, 11) is 6.75. The third kappa shape index (κ3) is 3.54. The second-order valence-corrected chi connectivity index (χ2v) is 9.85. The van der Waals surface area contributed by atoms with Gasteiger partial charge in [-0.05, 0) is 116 Å². The zero-order valence-corrected chi connectivity index (χ0v) is 16.3. The Labute approximate surface area is 149 Å². The first-order valence-corrected chi connectivity index (χ1v) is 10.7. The second kappa shape index (κ2) is 7.25. The molecule has 0 amide bonds. The maximum absolute atomic E-state index is 2.96. The second-order valence-electron chi connectivity index (χ2n) is 9.85. The van der Waals surface area contributed by atoms with E-state index in [9.17, 15) is 0 Å². The van der Waals surface area contributed by atoms with E-state index in [0.717, 1.165) is 35.8 Å². The number of piperidine rings is 1. The number of nitrogens with zero attached hydrogens (tertiary/aromatic N) is 3. The molecular formula is C21H39N3. The smallest absolute Gasteiger partial charge is 0.0220 e. The van der Waals surface area contributed by atoms with Crippen LogP contribution in [0.3, 0.4) is 0 Å². The normalized spacial score (nSPS) is 42.4. The Balaban J connectivity index is 1.33. The molecule has 0 aromatic rings. The summed E-state index contributed by atoms with van der Waals surface area (Å²) < 4.78 is 0. The molecule has 0 aromatic heterocycles. The van der Waals surface area contributed by atoms with Crippen molar-refractivity contribution in [2.24, 2.45) is 23.7 Å². The minimum absolute atomic E-state index is 0.804. The molecule has 4 bridgehead atoms. The van der Waals surface area contributed by atoms with Crippen molar-refractivity contribution in [2.45, 2.75) is 63.5 Å². The fourth-order valence-electron chi connectivity index (χ4n) is 6.93. The number of likely N-dealkylation sites (N-methyl/N-ethyl adjacent to an activating group) is 1. The highest BCUT2D eigenvalue weighted by atomic mass is 15.2. The lowest BCUT2D eigenvalue weighted by atomic mass is 9.53. The van der Waals surface area contributed by atoms with Crippen LogP contribution in [0.25, 0.3) is 0 Å². The van der Waals surface area contributed by atoms with Crippen molar-refractivity contribution in [2.75, 3.05) is 47.3 Å². The fourth-order valence-corrected chi connectivity index (χ4v) is 6.93. The van der Waals surface area contributed by atoms with E-state index in [-0.39, 0.29) is 0 Å². The summed E-state index contributed by atoms with van der Waals surface area (Å²) in [5.41, 5.74) is 0. The molecule has 5 rings (SSSR count). The summed E-state index contributed by atoms with van der Waals surface area (Å²) in [6.07, 6.45) is 12.0. The molecule has 3 heteroatoms. The molecule has 0 radical (unpaired) electrons. The van der Waals surface area contributed by atoms with Crippen molar-refractivity contribution in [1.82, 2.24) is 14.7 Å². The third-order valence-corrected chi connectivity index (χ3v) is 7.77. The van der Waals surface area contributed by atoms with Crippen LogP contribution in [0.15, 0.2) is 0 Å². The quantitative estimate of drug-likeness (QED) is 0.739. The average molecular weight is 334 g/mol. The van der Waals surface area contributed by atoms with Crippen LogP contribution >= 0.6 is 0 Å². The van der Waals surface area contributed by atoms with Crippen LogP contribution in [0.1, 0.15) is 51.4 Å². The molecule has 3 nitrogen and oxygen atoms in total. The van der Waals surface area contributed by atoms with Gasteiger partial charge in [0.15, 0.2) is 0 Å². The SMILES string of the molecule is CN(C)CCCN(C)C1CCCN(C2C3CC4CC(C3)CC2C4)C1. The van der Waals surface area contributed by atoms with Crippen LogP contribution in [0.5, 0.6) is 0 Å². The highest BCUT2D eigenvalue weighted by Gasteiger charge is 2.50. The summed E-state index contributed by atoms with van der Waals surface area (Å²) >= 11 is 0. The van der Waals surface area contributed by atoms with Gasteiger partial charge >= 0.3 is 0 Å². The van der Waals surface area contributed by atoms with E-state index in [0.29, 0.717) is 0 Å². The molecule has 1 unspecified atom stereocenters. The molecule has 24 heavy (non-hydrogen) atoms. The lowest BCUT2D eigenvalue weighted by Gasteiger charge is -2.58. The summed E-state index contributed by atoms with van der Waals surface area (Å²) in [5, 5.41) is 0. The molecule has 5 aliphatic rings. The molecule has 4 saturated carbocycles. The zero-order valence-electron chi connectivity index (χ0n) is 16.3. The summed E-state index contributed by atoms with van der Waals surface area (Å²) in [5.74, 6) is 4.33. The first kappa shape index (κ1) is 17.3. The highest BCUT2D eigenvalue weighted by molar-refractivity contribution is 5.03. The van der Waals surface area contributed by atoms with E-state index in [4.69, 9.17) is 0 Å². The monoisotopic (exact) mass is 333 g/mol. The number of hydrogen-bond donors (Lipinski definition) is 0. The lowest BCUT2D eigenvalue weighted by molar-refractivity contribution is -0.0782. The average Bonchev–Trinajstić information content (AvgIpc) is 2.53. The van der Waals surface area contributed by atoms with Crippen molar-refractivity contribution in [1.29, 1.82) is 0 Å². The summed E-state index contributed by atoms with van der Waals surface area (Å²) in [6, 6.07) is 1.76. The Morgan fingerprint density at radius 3 is 2.17 bits per heavy atom. The molecule has 138 valence electrons. The molecule has 1 atom stereocenters. The van der Waals surface area contributed by atoms with Gasteiger partial charge in [-0.25, -0.2) is 0 Å². The Bertz CT molecular complexity index is 393. The Morgan fingerprint density at radius 2 is 1.54 bits per heavy atom. The van der Waals surface area contributed by atoms with Crippen LogP contribution in [0.4, 0.5) is 0 Å². The van der Waals surface area contributed by atoms with Gasteiger partial charge in [-0.15, -0.1) is 0 Å². The predicted octanol–water partition coefficient (Wildman–Crippen LogP) is 3.16. The minimum atomic E-state index is 0.804. The van der Waals surface area contributed by atoms with Gasteiger partial charge < -0.3 is 9.80 Å². The molecule has 0 aromatic carbocycles. The topological polar surface area (TPSA) is 9.72 Å². The van der Waals surface area contributed by atoms with Gasteiger partial charge in [-0.1, -0.05) is 0 Å². The van der Waals surface area contributed by atoms with Gasteiger partial charge in [0.25, 0.3) is 0 Å². The zero-order chi connectivity index (χ0) is 16.7. The number of hydrogen-bond acceptors (Lipinski definition) is 3. The Morgan fingerprint density at radius 1 is 0.875 bits per heavy atom. The first-order chi connectivity index (χ1) is 11.6. The largest absolute Gasteiger partial charge is 0.309 e.